The number of sulfone groups is 1. The van der Waals surface area contributed by atoms with Crippen LogP contribution in [0.1, 0.15) is 23.4 Å². The number of carbonyl (C=O) groups excluding carboxylic acids is 2. The zero-order valence-corrected chi connectivity index (χ0v) is 18.1. The van der Waals surface area contributed by atoms with E-state index in [1.807, 2.05) is 0 Å². The predicted molar refractivity (Wildman–Crippen MR) is 110 cm³/mol. The Morgan fingerprint density at radius 1 is 1.31 bits per heavy atom. The smallest absolute Gasteiger partial charge is 0.409 e. The molecular weight excluding hydrogens is 438 g/mol. The number of aromatic nitrogens is 1. The van der Waals surface area contributed by atoms with Crippen LogP contribution >= 0.6 is 22.9 Å². The second-order valence-electron chi connectivity index (χ2n) is 6.45. The fourth-order valence-corrected chi connectivity index (χ4v) is 5.37. The number of rotatable bonds is 6. The number of hydrogen-bond donors (Lipinski definition) is 1. The Morgan fingerprint density at radius 2 is 2.03 bits per heavy atom. The topological polar surface area (TPSA) is 106 Å². The third-order valence-electron chi connectivity index (χ3n) is 4.40. The van der Waals surface area contributed by atoms with Crippen LogP contribution in [-0.4, -0.2) is 49.7 Å². The van der Waals surface area contributed by atoms with Crippen molar-refractivity contribution in [1.82, 2.24) is 9.88 Å². The van der Waals surface area contributed by atoms with E-state index in [1.165, 1.54) is 42.7 Å². The highest BCUT2D eigenvalue weighted by atomic mass is 35.5. The molecule has 0 aliphatic carbocycles. The number of hydrogen-bond acceptors (Lipinski definition) is 7. The second-order valence-corrected chi connectivity index (χ2v) is 10.1. The number of benzene rings is 1. The highest BCUT2D eigenvalue weighted by Crippen LogP contribution is 2.28. The van der Waals surface area contributed by atoms with E-state index in [2.05, 4.69) is 10.3 Å². The summed E-state index contributed by atoms with van der Waals surface area (Å²) in [7, 11) is -2.13. The molecule has 1 aliphatic heterocycles. The minimum Gasteiger partial charge on any atom is -0.453 e. The lowest BCUT2D eigenvalue weighted by Gasteiger charge is -2.24. The van der Waals surface area contributed by atoms with E-state index in [0.29, 0.717) is 29.7 Å². The highest BCUT2D eigenvalue weighted by Gasteiger charge is 2.25. The third-order valence-corrected chi connectivity index (χ3v) is 7.47. The van der Waals surface area contributed by atoms with Crippen molar-refractivity contribution in [2.45, 2.75) is 30.7 Å². The third kappa shape index (κ3) is 5.46. The number of amides is 2. The van der Waals surface area contributed by atoms with E-state index in [4.69, 9.17) is 16.3 Å². The van der Waals surface area contributed by atoms with Gasteiger partial charge in [0.1, 0.15) is 0 Å². The summed E-state index contributed by atoms with van der Waals surface area (Å²) in [5, 5.41) is 3.63. The number of carbonyl (C=O) groups is 2. The first kappa shape index (κ1) is 21.5. The molecule has 0 bridgehead atoms. The van der Waals surface area contributed by atoms with Crippen LogP contribution in [0, 0.1) is 0 Å². The van der Waals surface area contributed by atoms with Gasteiger partial charge in [-0.2, -0.15) is 0 Å². The van der Waals surface area contributed by atoms with Crippen molar-refractivity contribution in [3.63, 3.8) is 0 Å². The summed E-state index contributed by atoms with van der Waals surface area (Å²) in [6.07, 6.45) is 0.455. The molecule has 0 unspecified atom stereocenters. The number of thiazole rings is 1. The summed E-state index contributed by atoms with van der Waals surface area (Å²) in [6.45, 7) is 0.911. The van der Waals surface area contributed by atoms with Gasteiger partial charge in [-0.05, 0) is 30.7 Å². The van der Waals surface area contributed by atoms with E-state index in [9.17, 15) is 18.0 Å². The summed E-state index contributed by atoms with van der Waals surface area (Å²) >= 11 is 7.08. The Kier molecular flexibility index (Phi) is 6.76. The molecular formula is C18H20ClN3O5S2. The zero-order valence-electron chi connectivity index (χ0n) is 15.7. The summed E-state index contributed by atoms with van der Waals surface area (Å²) in [5.74, 6) is -0.433. The number of halogens is 1. The minimum atomic E-state index is -3.47. The number of fused-ring (bicyclic) bond motifs is 1. The molecule has 0 saturated heterocycles. The molecule has 0 radical (unpaired) electrons. The molecule has 2 aromatic rings. The first-order chi connectivity index (χ1) is 13.8. The average Bonchev–Trinajstić information content (AvgIpc) is 3.08. The molecule has 1 aromatic heterocycles. The van der Waals surface area contributed by atoms with Gasteiger partial charge in [0.25, 0.3) is 0 Å². The molecule has 3 rings (SSSR count). The van der Waals surface area contributed by atoms with Gasteiger partial charge in [0.2, 0.25) is 5.91 Å². The Morgan fingerprint density at radius 3 is 2.72 bits per heavy atom. The maximum atomic E-state index is 12.3. The van der Waals surface area contributed by atoms with E-state index in [1.54, 1.807) is 4.90 Å². The molecule has 29 heavy (non-hydrogen) atoms. The lowest BCUT2D eigenvalue weighted by atomic mass is 10.2. The summed E-state index contributed by atoms with van der Waals surface area (Å²) in [6, 6.07) is 5.95. The van der Waals surface area contributed by atoms with Crippen LogP contribution in [0.2, 0.25) is 5.02 Å². The molecule has 2 heterocycles. The van der Waals surface area contributed by atoms with Crippen LogP contribution < -0.4 is 5.32 Å². The molecule has 156 valence electrons. The Bertz CT molecular complexity index is 1010. The van der Waals surface area contributed by atoms with Crippen LogP contribution in [0.5, 0.6) is 0 Å². The van der Waals surface area contributed by atoms with Crippen molar-refractivity contribution in [1.29, 1.82) is 0 Å². The molecule has 0 atom stereocenters. The van der Waals surface area contributed by atoms with Gasteiger partial charge in [-0.3, -0.25) is 4.79 Å². The maximum absolute atomic E-state index is 12.3. The summed E-state index contributed by atoms with van der Waals surface area (Å²) in [4.78, 5) is 30.9. The molecule has 0 saturated carbocycles. The molecule has 0 fully saturated rings. The van der Waals surface area contributed by atoms with Crippen molar-refractivity contribution in [3.05, 3.63) is 39.9 Å². The summed E-state index contributed by atoms with van der Waals surface area (Å²) in [5.41, 5.74) is 0.857. The lowest BCUT2D eigenvalue weighted by Crippen LogP contribution is -2.35. The van der Waals surface area contributed by atoms with Crippen LogP contribution in [-0.2, 0) is 32.3 Å². The zero-order chi connectivity index (χ0) is 21.0. The van der Waals surface area contributed by atoms with Crippen molar-refractivity contribution in [3.8, 4) is 0 Å². The lowest BCUT2D eigenvalue weighted by molar-refractivity contribution is -0.116. The van der Waals surface area contributed by atoms with E-state index < -0.39 is 15.9 Å². The van der Waals surface area contributed by atoms with E-state index >= 15 is 0 Å². The molecule has 2 amide bonds. The van der Waals surface area contributed by atoms with Crippen LogP contribution in [0.25, 0.3) is 0 Å². The molecule has 0 spiro atoms. The monoisotopic (exact) mass is 457 g/mol. The van der Waals surface area contributed by atoms with Gasteiger partial charge in [0.15, 0.2) is 15.0 Å². The minimum absolute atomic E-state index is 0.0609. The van der Waals surface area contributed by atoms with Gasteiger partial charge in [-0.1, -0.05) is 22.9 Å². The number of nitrogens with one attached hydrogen (secondary N) is 1. The van der Waals surface area contributed by atoms with E-state index in [0.717, 1.165) is 10.6 Å². The first-order valence-electron chi connectivity index (χ1n) is 8.88. The van der Waals surface area contributed by atoms with Gasteiger partial charge in [-0.15, -0.1) is 0 Å². The quantitative estimate of drug-likeness (QED) is 0.714. The standard InChI is InChI=1S/C18H20ClN3O5S2/c1-27-18(24)22-9-8-14-15(11-22)28-17(20-14)21-16(23)3-2-10-29(25,26)13-6-4-12(19)5-7-13/h4-7H,2-3,8-11H2,1H3,(H,20,21,23). The van der Waals surface area contributed by atoms with Crippen molar-refractivity contribution in [2.24, 2.45) is 0 Å². The summed E-state index contributed by atoms with van der Waals surface area (Å²) < 4.78 is 29.3. The number of methoxy groups -OCH3 is 1. The maximum Gasteiger partial charge on any atom is 0.409 e. The molecule has 1 aliphatic rings. The normalized spacial score (nSPS) is 13.7. The van der Waals surface area contributed by atoms with Gasteiger partial charge in [0, 0.05) is 29.3 Å². The first-order valence-corrected chi connectivity index (χ1v) is 11.7. The second kappa shape index (κ2) is 9.10. The average molecular weight is 458 g/mol. The Balaban J connectivity index is 1.51. The highest BCUT2D eigenvalue weighted by molar-refractivity contribution is 7.91. The predicted octanol–water partition coefficient (Wildman–Crippen LogP) is 3.11. The van der Waals surface area contributed by atoms with Crippen LogP contribution in [0.4, 0.5) is 9.93 Å². The van der Waals surface area contributed by atoms with Gasteiger partial charge >= 0.3 is 6.09 Å². The Labute approximate surface area is 177 Å². The molecule has 8 nitrogen and oxygen atoms in total. The van der Waals surface area contributed by atoms with Crippen molar-refractivity contribution in [2.75, 3.05) is 24.7 Å². The van der Waals surface area contributed by atoms with Crippen LogP contribution in [0.3, 0.4) is 0 Å². The fraction of sp³-hybridized carbons (Fsp3) is 0.389. The number of anilines is 1. The largest absolute Gasteiger partial charge is 0.453 e. The Hall–Kier alpha value is -2.17. The molecule has 11 heteroatoms. The number of nitrogens with zero attached hydrogens (tertiary/aromatic N) is 2. The van der Waals surface area contributed by atoms with Crippen molar-refractivity contribution >= 4 is 49.9 Å². The SMILES string of the molecule is COC(=O)N1CCc2nc(NC(=O)CCCS(=O)(=O)c3ccc(Cl)cc3)sc2C1. The fourth-order valence-electron chi connectivity index (χ4n) is 2.90. The van der Waals surface area contributed by atoms with Crippen LogP contribution in [0.15, 0.2) is 29.2 Å². The molecule has 1 N–H and O–H groups in total. The number of ether oxygens (including phenoxy) is 1. The van der Waals surface area contributed by atoms with E-state index in [-0.39, 0.29) is 29.4 Å². The van der Waals surface area contributed by atoms with Gasteiger partial charge in [0.05, 0.1) is 30.0 Å². The van der Waals surface area contributed by atoms with Gasteiger partial charge < -0.3 is 15.0 Å². The van der Waals surface area contributed by atoms with Crippen molar-refractivity contribution < 1.29 is 22.7 Å². The van der Waals surface area contributed by atoms with Gasteiger partial charge in [-0.25, -0.2) is 18.2 Å². The molecule has 1 aromatic carbocycles.